The van der Waals surface area contributed by atoms with Gasteiger partial charge in [-0.05, 0) is 31.6 Å². The van der Waals surface area contributed by atoms with Crippen molar-refractivity contribution in [3.05, 3.63) is 47.2 Å². The van der Waals surface area contributed by atoms with Crippen molar-refractivity contribution < 1.29 is 14.3 Å². The number of aromatic amines is 1. The number of nitrogens with one attached hydrogen (secondary N) is 1. The minimum atomic E-state index is -0.384. The average molecular weight is 285 g/mol. The van der Waals surface area contributed by atoms with Crippen LogP contribution in [0.2, 0.25) is 0 Å². The first kappa shape index (κ1) is 15.0. The van der Waals surface area contributed by atoms with E-state index in [0.29, 0.717) is 11.1 Å². The standard InChI is InChI=1S/C17H19NO3/c1-4-6-13-16(15(19)7-5-2)12-9-8-11(17(20)21-3)10-14(12)18-13/h5,7-10,18H,4,6H2,1-3H3. The molecule has 4 heteroatoms. The molecule has 0 aliphatic rings. The van der Waals surface area contributed by atoms with E-state index in [9.17, 15) is 9.59 Å². The molecule has 0 aliphatic heterocycles. The maximum Gasteiger partial charge on any atom is 0.337 e. The predicted molar refractivity (Wildman–Crippen MR) is 82.8 cm³/mol. The smallest absolute Gasteiger partial charge is 0.337 e. The number of benzene rings is 1. The number of fused-ring (bicyclic) bond motifs is 1. The fourth-order valence-electron chi connectivity index (χ4n) is 2.45. The lowest BCUT2D eigenvalue weighted by molar-refractivity contribution is 0.0601. The molecule has 0 bridgehead atoms. The zero-order valence-corrected chi connectivity index (χ0v) is 12.5. The number of hydrogen-bond donors (Lipinski definition) is 1. The van der Waals surface area contributed by atoms with Crippen LogP contribution in [0.3, 0.4) is 0 Å². The second kappa shape index (κ2) is 6.39. The minimum absolute atomic E-state index is 0.0157. The number of ether oxygens (including phenoxy) is 1. The number of methoxy groups -OCH3 is 1. The Hall–Kier alpha value is -2.36. The normalized spacial score (nSPS) is 11.2. The Kier molecular flexibility index (Phi) is 4.58. The van der Waals surface area contributed by atoms with Gasteiger partial charge < -0.3 is 9.72 Å². The summed E-state index contributed by atoms with van der Waals surface area (Å²) in [5.41, 5.74) is 2.87. The topological polar surface area (TPSA) is 59.2 Å². The van der Waals surface area contributed by atoms with Crippen LogP contribution in [0.5, 0.6) is 0 Å². The molecular formula is C17H19NO3. The number of aryl methyl sites for hydroxylation is 1. The summed E-state index contributed by atoms with van der Waals surface area (Å²) in [5.74, 6) is -0.400. The zero-order valence-electron chi connectivity index (χ0n) is 12.5. The van der Waals surface area contributed by atoms with Crippen LogP contribution in [0.4, 0.5) is 0 Å². The van der Waals surface area contributed by atoms with Gasteiger partial charge in [0.25, 0.3) is 0 Å². The minimum Gasteiger partial charge on any atom is -0.465 e. The molecule has 4 nitrogen and oxygen atoms in total. The second-order valence-electron chi connectivity index (χ2n) is 4.84. The Morgan fingerprint density at radius 2 is 2.10 bits per heavy atom. The van der Waals surface area contributed by atoms with E-state index in [0.717, 1.165) is 29.4 Å². The van der Waals surface area contributed by atoms with Crippen molar-refractivity contribution in [1.29, 1.82) is 0 Å². The fourth-order valence-corrected chi connectivity index (χ4v) is 2.45. The van der Waals surface area contributed by atoms with Gasteiger partial charge in [-0.1, -0.05) is 25.5 Å². The number of ketones is 1. The largest absolute Gasteiger partial charge is 0.465 e. The Labute approximate surface area is 123 Å². The highest BCUT2D eigenvalue weighted by Crippen LogP contribution is 2.26. The molecule has 0 atom stereocenters. The van der Waals surface area contributed by atoms with Crippen molar-refractivity contribution in [1.82, 2.24) is 4.98 Å². The van der Waals surface area contributed by atoms with Gasteiger partial charge in [0, 0.05) is 16.6 Å². The van der Waals surface area contributed by atoms with E-state index < -0.39 is 0 Å². The summed E-state index contributed by atoms with van der Waals surface area (Å²) < 4.78 is 4.72. The van der Waals surface area contributed by atoms with E-state index in [1.54, 1.807) is 30.4 Å². The maximum absolute atomic E-state index is 12.3. The lowest BCUT2D eigenvalue weighted by Gasteiger charge is -2.00. The van der Waals surface area contributed by atoms with Crippen molar-refractivity contribution in [2.24, 2.45) is 0 Å². The summed E-state index contributed by atoms with van der Waals surface area (Å²) in [5, 5.41) is 0.842. The van der Waals surface area contributed by atoms with Gasteiger partial charge in [0.15, 0.2) is 5.78 Å². The number of hydrogen-bond acceptors (Lipinski definition) is 3. The predicted octanol–water partition coefficient (Wildman–Crippen LogP) is 3.67. The maximum atomic E-state index is 12.3. The third-order valence-corrected chi connectivity index (χ3v) is 3.36. The summed E-state index contributed by atoms with van der Waals surface area (Å²) >= 11 is 0. The second-order valence-corrected chi connectivity index (χ2v) is 4.84. The molecule has 0 amide bonds. The molecule has 0 aliphatic carbocycles. The monoisotopic (exact) mass is 285 g/mol. The SMILES string of the molecule is CC=CC(=O)c1c(CCC)[nH]c2cc(C(=O)OC)ccc12. The Morgan fingerprint density at radius 3 is 2.71 bits per heavy atom. The molecule has 110 valence electrons. The lowest BCUT2D eigenvalue weighted by atomic mass is 10.0. The van der Waals surface area contributed by atoms with Crippen molar-refractivity contribution in [3.8, 4) is 0 Å². The quantitative estimate of drug-likeness (QED) is 0.518. The van der Waals surface area contributed by atoms with Crippen molar-refractivity contribution >= 4 is 22.7 Å². The first-order valence-electron chi connectivity index (χ1n) is 7.02. The van der Waals surface area contributed by atoms with Crippen LogP contribution in [0.25, 0.3) is 10.9 Å². The van der Waals surface area contributed by atoms with Crippen LogP contribution >= 0.6 is 0 Å². The van der Waals surface area contributed by atoms with Gasteiger partial charge in [-0.25, -0.2) is 4.79 Å². The van der Waals surface area contributed by atoms with E-state index in [2.05, 4.69) is 11.9 Å². The van der Waals surface area contributed by atoms with Gasteiger partial charge >= 0.3 is 5.97 Å². The number of allylic oxidation sites excluding steroid dienone is 2. The highest BCUT2D eigenvalue weighted by molar-refractivity contribution is 6.15. The Balaban J connectivity index is 2.62. The third-order valence-electron chi connectivity index (χ3n) is 3.36. The Bertz CT molecular complexity index is 710. The number of carbonyl (C=O) groups excluding carboxylic acids is 2. The van der Waals surface area contributed by atoms with Crippen LogP contribution in [-0.2, 0) is 11.2 Å². The number of H-pyrrole nitrogens is 1. The number of rotatable bonds is 5. The van der Waals surface area contributed by atoms with Gasteiger partial charge in [0.05, 0.1) is 18.2 Å². The molecule has 0 spiro atoms. The Morgan fingerprint density at radius 1 is 1.33 bits per heavy atom. The van der Waals surface area contributed by atoms with Crippen LogP contribution in [0, 0.1) is 0 Å². The average Bonchev–Trinajstić information content (AvgIpc) is 2.84. The summed E-state index contributed by atoms with van der Waals surface area (Å²) in [6, 6.07) is 5.21. The van der Waals surface area contributed by atoms with Crippen LogP contribution in [-0.4, -0.2) is 23.8 Å². The lowest BCUT2D eigenvalue weighted by Crippen LogP contribution is -2.01. The first-order valence-corrected chi connectivity index (χ1v) is 7.02. The van der Waals surface area contributed by atoms with Crippen molar-refractivity contribution in [3.63, 3.8) is 0 Å². The van der Waals surface area contributed by atoms with Gasteiger partial charge in [0.1, 0.15) is 0 Å². The van der Waals surface area contributed by atoms with Gasteiger partial charge in [-0.3, -0.25) is 4.79 Å². The molecule has 1 aromatic heterocycles. The zero-order chi connectivity index (χ0) is 15.4. The number of carbonyl (C=O) groups is 2. The summed E-state index contributed by atoms with van der Waals surface area (Å²) in [7, 11) is 1.35. The molecule has 1 heterocycles. The number of esters is 1. The van der Waals surface area contributed by atoms with Crippen LogP contribution in [0.15, 0.2) is 30.4 Å². The molecule has 0 fully saturated rings. The summed E-state index contributed by atoms with van der Waals surface area (Å²) in [6.45, 7) is 3.89. The van der Waals surface area contributed by atoms with E-state index >= 15 is 0 Å². The molecule has 2 aromatic rings. The highest BCUT2D eigenvalue weighted by Gasteiger charge is 2.17. The van der Waals surface area contributed by atoms with E-state index in [-0.39, 0.29) is 11.8 Å². The molecule has 0 unspecified atom stereocenters. The molecular weight excluding hydrogens is 266 g/mol. The van der Waals surface area contributed by atoms with Gasteiger partial charge in [-0.15, -0.1) is 0 Å². The molecule has 21 heavy (non-hydrogen) atoms. The van der Waals surface area contributed by atoms with Gasteiger partial charge in [0.2, 0.25) is 0 Å². The highest BCUT2D eigenvalue weighted by atomic mass is 16.5. The molecule has 0 radical (unpaired) electrons. The van der Waals surface area contributed by atoms with E-state index in [4.69, 9.17) is 4.74 Å². The number of aromatic nitrogens is 1. The van der Waals surface area contributed by atoms with Crippen molar-refractivity contribution in [2.75, 3.05) is 7.11 Å². The first-order chi connectivity index (χ1) is 10.1. The molecule has 0 saturated heterocycles. The molecule has 1 aromatic carbocycles. The van der Waals surface area contributed by atoms with Crippen LogP contribution in [0.1, 0.15) is 46.7 Å². The summed E-state index contributed by atoms with van der Waals surface area (Å²) in [4.78, 5) is 27.1. The molecule has 1 N–H and O–H groups in total. The third kappa shape index (κ3) is 2.89. The molecule has 0 saturated carbocycles. The fraction of sp³-hybridized carbons (Fsp3) is 0.294. The van der Waals surface area contributed by atoms with E-state index in [1.807, 2.05) is 6.92 Å². The van der Waals surface area contributed by atoms with Gasteiger partial charge in [-0.2, -0.15) is 0 Å². The molecule has 2 rings (SSSR count). The van der Waals surface area contributed by atoms with E-state index in [1.165, 1.54) is 7.11 Å². The van der Waals surface area contributed by atoms with Crippen molar-refractivity contribution in [2.45, 2.75) is 26.7 Å². The van der Waals surface area contributed by atoms with Crippen LogP contribution < -0.4 is 0 Å². The summed E-state index contributed by atoms with van der Waals surface area (Å²) in [6.07, 6.45) is 5.03.